The number of hydrogen-bond donors (Lipinski definition) is 4. The monoisotopic (exact) mass is 366 g/mol. The summed E-state index contributed by atoms with van der Waals surface area (Å²) in [5, 5.41) is 10.4. The quantitative estimate of drug-likeness (QED) is 0.419. The van der Waals surface area contributed by atoms with Gasteiger partial charge in [0.15, 0.2) is 0 Å². The lowest BCUT2D eigenvalue weighted by atomic mass is 10.0. The van der Waals surface area contributed by atoms with Gasteiger partial charge in [-0.2, -0.15) is 0 Å². The zero-order valence-electron chi connectivity index (χ0n) is 15.6. The molecule has 0 bridgehead atoms. The van der Waals surface area contributed by atoms with Crippen LogP contribution in [0.5, 0.6) is 0 Å². The molecule has 2 fully saturated rings. The van der Waals surface area contributed by atoms with Crippen LogP contribution in [0.15, 0.2) is 0 Å². The van der Waals surface area contributed by atoms with Crippen molar-refractivity contribution in [2.24, 2.45) is 17.8 Å². The lowest BCUT2D eigenvalue weighted by molar-refractivity contribution is -0.140. The topological polar surface area (TPSA) is 116 Å². The minimum absolute atomic E-state index is 0.107. The summed E-state index contributed by atoms with van der Waals surface area (Å²) in [6.45, 7) is 5.13. The van der Waals surface area contributed by atoms with Crippen molar-refractivity contribution in [3.8, 4) is 0 Å². The smallest absolute Gasteiger partial charge is 0.309 e. The number of carbonyl (C=O) groups is 4. The summed E-state index contributed by atoms with van der Waals surface area (Å²) >= 11 is 0. The van der Waals surface area contributed by atoms with Gasteiger partial charge in [-0.25, -0.2) is 0 Å². The molecule has 8 heteroatoms. The maximum absolute atomic E-state index is 12.0. The molecule has 1 atom stereocenters. The molecule has 0 aromatic carbocycles. The Morgan fingerprint density at radius 2 is 1.23 bits per heavy atom. The largest absolute Gasteiger partial charge is 0.348 e. The van der Waals surface area contributed by atoms with Gasteiger partial charge in [-0.1, -0.05) is 13.8 Å². The van der Waals surface area contributed by atoms with Crippen LogP contribution in [0.1, 0.15) is 46.0 Å². The van der Waals surface area contributed by atoms with Gasteiger partial charge in [0.1, 0.15) is 0 Å². The van der Waals surface area contributed by atoms with E-state index in [4.69, 9.17) is 0 Å². The third-order valence-corrected chi connectivity index (χ3v) is 4.51. The van der Waals surface area contributed by atoms with Crippen LogP contribution in [-0.4, -0.2) is 49.3 Å². The van der Waals surface area contributed by atoms with Gasteiger partial charge in [0.25, 0.3) is 0 Å². The molecular weight excluding hydrogens is 336 g/mol. The molecule has 2 saturated carbocycles. The summed E-state index contributed by atoms with van der Waals surface area (Å²) in [7, 11) is 0. The average molecular weight is 366 g/mol. The molecule has 8 nitrogen and oxygen atoms in total. The molecule has 0 aliphatic heterocycles. The fourth-order valence-electron chi connectivity index (χ4n) is 2.59. The van der Waals surface area contributed by atoms with Gasteiger partial charge in [0.05, 0.1) is 0 Å². The molecular formula is C18H30N4O4. The molecule has 0 saturated heterocycles. The van der Waals surface area contributed by atoms with Crippen molar-refractivity contribution in [1.29, 1.82) is 0 Å². The lowest BCUT2D eigenvalue weighted by Crippen LogP contribution is -2.51. The zero-order valence-corrected chi connectivity index (χ0v) is 15.6. The standard InChI is InChI=1S/C18H30N4O4/c1-11(2)7-14(22-18(26)17(25)20-9-13-5-6-13)10-21-16(24)15(23)19-8-12-3-4-12/h11-14H,3-10H2,1-2H3,(H,19,23)(H,20,25)(H,21,24)(H,22,26). The maximum atomic E-state index is 12.0. The van der Waals surface area contributed by atoms with Gasteiger partial charge in [0, 0.05) is 25.7 Å². The van der Waals surface area contributed by atoms with Crippen molar-refractivity contribution in [2.45, 2.75) is 52.0 Å². The third-order valence-electron chi connectivity index (χ3n) is 4.51. The maximum Gasteiger partial charge on any atom is 0.309 e. The zero-order chi connectivity index (χ0) is 19.1. The van der Waals surface area contributed by atoms with Gasteiger partial charge >= 0.3 is 23.6 Å². The minimum Gasteiger partial charge on any atom is -0.348 e. The first kappa shape index (κ1) is 20.2. The second kappa shape index (κ2) is 9.54. The van der Waals surface area contributed by atoms with Crippen molar-refractivity contribution < 1.29 is 19.2 Å². The molecule has 1 unspecified atom stereocenters. The van der Waals surface area contributed by atoms with Crippen LogP contribution in [0.25, 0.3) is 0 Å². The summed E-state index contributed by atoms with van der Waals surface area (Å²) in [6.07, 6.45) is 4.95. The summed E-state index contributed by atoms with van der Waals surface area (Å²) in [6, 6.07) is -0.408. The van der Waals surface area contributed by atoms with E-state index in [9.17, 15) is 19.2 Å². The Bertz CT molecular complexity index is 541. The Hall–Kier alpha value is -2.12. The van der Waals surface area contributed by atoms with Crippen molar-refractivity contribution >= 4 is 23.6 Å². The highest BCUT2D eigenvalue weighted by atomic mass is 16.2. The second-order valence-corrected chi connectivity index (χ2v) is 7.82. The molecule has 0 radical (unpaired) electrons. The predicted molar refractivity (Wildman–Crippen MR) is 95.9 cm³/mol. The van der Waals surface area contributed by atoms with E-state index in [1.165, 1.54) is 0 Å². The van der Waals surface area contributed by atoms with Crippen LogP contribution in [-0.2, 0) is 19.2 Å². The fourth-order valence-corrected chi connectivity index (χ4v) is 2.59. The first-order chi connectivity index (χ1) is 12.3. The SMILES string of the molecule is CC(C)CC(CNC(=O)C(=O)NCC1CC1)NC(=O)C(=O)NCC1CC1. The molecule has 2 aliphatic rings. The van der Waals surface area contributed by atoms with E-state index in [1.54, 1.807) is 0 Å². The highest BCUT2D eigenvalue weighted by Gasteiger charge is 2.26. The second-order valence-electron chi connectivity index (χ2n) is 7.82. The molecule has 4 N–H and O–H groups in total. The van der Waals surface area contributed by atoms with Crippen LogP contribution in [0, 0.1) is 17.8 Å². The highest BCUT2D eigenvalue weighted by Crippen LogP contribution is 2.27. The molecule has 0 aromatic rings. The van der Waals surface area contributed by atoms with E-state index >= 15 is 0 Å². The van der Waals surface area contributed by atoms with Crippen molar-refractivity contribution in [2.75, 3.05) is 19.6 Å². The van der Waals surface area contributed by atoms with E-state index in [0.717, 1.165) is 25.7 Å². The fraction of sp³-hybridized carbons (Fsp3) is 0.778. The molecule has 4 amide bonds. The van der Waals surface area contributed by atoms with E-state index in [0.29, 0.717) is 31.3 Å². The number of rotatable bonds is 9. The Morgan fingerprint density at radius 1 is 0.769 bits per heavy atom. The van der Waals surface area contributed by atoms with E-state index in [2.05, 4.69) is 21.3 Å². The van der Waals surface area contributed by atoms with Crippen molar-refractivity contribution in [3.63, 3.8) is 0 Å². The lowest BCUT2D eigenvalue weighted by Gasteiger charge is -2.20. The molecule has 0 spiro atoms. The minimum atomic E-state index is -0.716. The summed E-state index contributed by atoms with van der Waals surface area (Å²) in [5.41, 5.74) is 0. The molecule has 0 heterocycles. The summed E-state index contributed by atoms with van der Waals surface area (Å²) < 4.78 is 0. The summed E-state index contributed by atoms with van der Waals surface area (Å²) in [4.78, 5) is 47.4. The summed E-state index contributed by atoms with van der Waals surface area (Å²) in [5.74, 6) is -1.49. The van der Waals surface area contributed by atoms with E-state index < -0.39 is 29.7 Å². The molecule has 2 rings (SSSR count). The molecule has 146 valence electrons. The molecule has 2 aliphatic carbocycles. The van der Waals surface area contributed by atoms with Crippen LogP contribution in [0.2, 0.25) is 0 Å². The number of hydrogen-bond acceptors (Lipinski definition) is 4. The Labute approximate surface area is 154 Å². The van der Waals surface area contributed by atoms with E-state index in [-0.39, 0.29) is 12.5 Å². The van der Waals surface area contributed by atoms with Gasteiger partial charge in [-0.15, -0.1) is 0 Å². The first-order valence-corrected chi connectivity index (χ1v) is 9.49. The van der Waals surface area contributed by atoms with Gasteiger partial charge in [0.2, 0.25) is 0 Å². The van der Waals surface area contributed by atoms with Crippen LogP contribution in [0.4, 0.5) is 0 Å². The normalized spacial score (nSPS) is 17.3. The Balaban J connectivity index is 1.73. The van der Waals surface area contributed by atoms with Gasteiger partial charge in [-0.3, -0.25) is 19.2 Å². The van der Waals surface area contributed by atoms with E-state index in [1.807, 2.05) is 13.8 Å². The predicted octanol–water partition coefficient (Wildman–Crippen LogP) is -0.314. The highest BCUT2D eigenvalue weighted by molar-refractivity contribution is 6.35. The van der Waals surface area contributed by atoms with Gasteiger partial charge < -0.3 is 21.3 Å². The van der Waals surface area contributed by atoms with Crippen LogP contribution < -0.4 is 21.3 Å². The first-order valence-electron chi connectivity index (χ1n) is 9.49. The number of amides is 4. The number of carbonyl (C=O) groups excluding carboxylic acids is 4. The Kier molecular flexibility index (Phi) is 7.41. The van der Waals surface area contributed by atoms with Gasteiger partial charge in [-0.05, 0) is 49.9 Å². The van der Waals surface area contributed by atoms with Crippen LogP contribution >= 0.6 is 0 Å². The van der Waals surface area contributed by atoms with Crippen LogP contribution in [0.3, 0.4) is 0 Å². The molecule has 0 aromatic heterocycles. The van der Waals surface area contributed by atoms with Crippen molar-refractivity contribution in [3.05, 3.63) is 0 Å². The molecule has 26 heavy (non-hydrogen) atoms. The van der Waals surface area contributed by atoms with Crippen molar-refractivity contribution in [1.82, 2.24) is 21.3 Å². The number of nitrogens with one attached hydrogen (secondary N) is 4. The Morgan fingerprint density at radius 3 is 1.69 bits per heavy atom. The average Bonchev–Trinajstić information content (AvgIpc) is 3.48. The third kappa shape index (κ3) is 7.84.